The van der Waals surface area contributed by atoms with Crippen molar-refractivity contribution in [2.24, 2.45) is 5.73 Å². The second kappa shape index (κ2) is 12.1. The van der Waals surface area contributed by atoms with Crippen LogP contribution in [-0.2, 0) is 11.3 Å². The maximum atomic E-state index is 10.7. The molecule has 0 heterocycles. The molecule has 0 atom stereocenters. The zero-order valence-corrected chi connectivity index (χ0v) is 14.2. The number of carbonyl (C=O) groups excluding carboxylic acids is 1. The van der Waals surface area contributed by atoms with Crippen LogP contribution in [0, 0.1) is 0 Å². The molecule has 126 valence electrons. The molecule has 0 spiro atoms. The molecule has 6 heteroatoms. The van der Waals surface area contributed by atoms with Gasteiger partial charge in [-0.15, -0.1) is 12.4 Å². The Morgan fingerprint density at radius 1 is 1.23 bits per heavy atom. The molecule has 1 rings (SSSR count). The first-order chi connectivity index (χ1) is 10.2. The van der Waals surface area contributed by atoms with Crippen molar-refractivity contribution >= 4 is 18.3 Å². The number of benzene rings is 1. The Morgan fingerprint density at radius 3 is 2.64 bits per heavy atom. The van der Waals surface area contributed by atoms with Gasteiger partial charge in [0.05, 0.1) is 7.11 Å². The molecule has 0 fully saturated rings. The van der Waals surface area contributed by atoms with Crippen molar-refractivity contribution in [3.05, 3.63) is 23.8 Å². The van der Waals surface area contributed by atoms with Gasteiger partial charge in [-0.1, -0.05) is 32.3 Å². The first kappa shape index (κ1) is 20.5. The number of carbonyl (C=O) groups is 1. The van der Waals surface area contributed by atoms with Crippen LogP contribution in [0.4, 0.5) is 0 Å². The Hall–Kier alpha value is -1.46. The second-order valence-corrected chi connectivity index (χ2v) is 4.98. The molecule has 0 aliphatic carbocycles. The molecule has 0 aliphatic heterocycles. The average Bonchev–Trinajstić information content (AvgIpc) is 2.49. The molecule has 1 amide bonds. The van der Waals surface area contributed by atoms with Crippen LogP contribution >= 0.6 is 12.4 Å². The topological polar surface area (TPSA) is 73.6 Å². The first-order valence-electron chi connectivity index (χ1n) is 7.46. The fourth-order valence-electron chi connectivity index (χ4n) is 2.00. The van der Waals surface area contributed by atoms with Crippen LogP contribution in [0.2, 0.25) is 0 Å². The molecule has 0 aromatic heterocycles. The lowest BCUT2D eigenvalue weighted by Gasteiger charge is -2.11. The third-order valence-electron chi connectivity index (χ3n) is 3.13. The Labute approximate surface area is 139 Å². The lowest BCUT2D eigenvalue weighted by Crippen LogP contribution is -2.20. The van der Waals surface area contributed by atoms with Crippen molar-refractivity contribution < 1.29 is 14.3 Å². The van der Waals surface area contributed by atoms with Gasteiger partial charge >= 0.3 is 0 Å². The summed E-state index contributed by atoms with van der Waals surface area (Å²) in [6.45, 7) is 3.87. The number of nitrogens with one attached hydrogen (secondary N) is 1. The number of unbranched alkanes of at least 4 members (excludes halogenated alkanes) is 3. The number of hydrogen-bond acceptors (Lipinski definition) is 4. The summed E-state index contributed by atoms with van der Waals surface area (Å²) in [5, 5.41) is 3.41. The van der Waals surface area contributed by atoms with E-state index in [0.29, 0.717) is 11.5 Å². The van der Waals surface area contributed by atoms with Crippen molar-refractivity contribution in [3.63, 3.8) is 0 Å². The molecule has 0 aliphatic rings. The van der Waals surface area contributed by atoms with Gasteiger partial charge in [0.1, 0.15) is 0 Å². The maximum absolute atomic E-state index is 10.7. The number of ether oxygens (including phenoxy) is 2. The molecule has 22 heavy (non-hydrogen) atoms. The largest absolute Gasteiger partial charge is 0.493 e. The third-order valence-corrected chi connectivity index (χ3v) is 3.13. The molecular weight excluding hydrogens is 304 g/mol. The van der Waals surface area contributed by atoms with Gasteiger partial charge in [-0.2, -0.15) is 0 Å². The zero-order chi connectivity index (χ0) is 15.5. The van der Waals surface area contributed by atoms with Gasteiger partial charge in [-0.3, -0.25) is 4.79 Å². The predicted molar refractivity (Wildman–Crippen MR) is 90.8 cm³/mol. The highest BCUT2D eigenvalue weighted by Crippen LogP contribution is 2.27. The van der Waals surface area contributed by atoms with Gasteiger partial charge in [0, 0.05) is 6.54 Å². The fraction of sp³-hybridized carbons (Fsp3) is 0.562. The van der Waals surface area contributed by atoms with Crippen LogP contribution in [0.25, 0.3) is 0 Å². The third kappa shape index (κ3) is 8.10. The number of primary amides is 1. The normalized spacial score (nSPS) is 9.91. The molecule has 0 bridgehead atoms. The number of halogens is 1. The summed E-state index contributed by atoms with van der Waals surface area (Å²) in [7, 11) is 1.58. The maximum Gasteiger partial charge on any atom is 0.255 e. The molecule has 0 saturated carbocycles. The molecule has 3 N–H and O–H groups in total. The number of hydrogen-bond donors (Lipinski definition) is 2. The highest BCUT2D eigenvalue weighted by Gasteiger charge is 2.07. The summed E-state index contributed by atoms with van der Waals surface area (Å²) in [5.41, 5.74) is 6.18. The molecule has 5 nitrogen and oxygen atoms in total. The lowest BCUT2D eigenvalue weighted by molar-refractivity contribution is -0.119. The smallest absolute Gasteiger partial charge is 0.255 e. The Balaban J connectivity index is 0.00000441. The number of amides is 1. The van der Waals surface area contributed by atoms with E-state index >= 15 is 0 Å². The van der Waals surface area contributed by atoms with E-state index in [4.69, 9.17) is 15.2 Å². The van der Waals surface area contributed by atoms with Gasteiger partial charge in [0.15, 0.2) is 18.1 Å². The number of nitrogens with two attached hydrogens (primary N) is 1. The summed E-state index contributed by atoms with van der Waals surface area (Å²) >= 11 is 0. The van der Waals surface area contributed by atoms with E-state index in [0.717, 1.165) is 18.7 Å². The molecule has 1 aromatic carbocycles. The Bertz CT molecular complexity index is 441. The van der Waals surface area contributed by atoms with E-state index in [2.05, 4.69) is 12.2 Å². The summed E-state index contributed by atoms with van der Waals surface area (Å²) in [6.07, 6.45) is 5.02. The highest BCUT2D eigenvalue weighted by atomic mass is 35.5. The summed E-state index contributed by atoms with van der Waals surface area (Å²) in [4.78, 5) is 10.7. The van der Waals surface area contributed by atoms with Crippen LogP contribution < -0.4 is 20.5 Å². The first-order valence-corrected chi connectivity index (χ1v) is 7.46. The minimum absolute atomic E-state index is 0. The molecular formula is C16H27ClN2O3. The fourth-order valence-corrected chi connectivity index (χ4v) is 2.00. The van der Waals surface area contributed by atoms with Crippen LogP contribution in [0.5, 0.6) is 11.5 Å². The number of methoxy groups -OCH3 is 1. The highest BCUT2D eigenvalue weighted by molar-refractivity contribution is 5.85. The van der Waals surface area contributed by atoms with Crippen molar-refractivity contribution in [2.75, 3.05) is 20.3 Å². The van der Waals surface area contributed by atoms with Crippen molar-refractivity contribution in [1.29, 1.82) is 0 Å². The Kier molecular flexibility index (Phi) is 11.3. The van der Waals surface area contributed by atoms with Crippen LogP contribution in [0.3, 0.4) is 0 Å². The van der Waals surface area contributed by atoms with E-state index in [9.17, 15) is 4.79 Å². The van der Waals surface area contributed by atoms with Gasteiger partial charge in [-0.05, 0) is 30.7 Å². The van der Waals surface area contributed by atoms with E-state index in [1.54, 1.807) is 13.2 Å². The van der Waals surface area contributed by atoms with Gasteiger partial charge in [-0.25, -0.2) is 0 Å². The molecule has 0 unspecified atom stereocenters. The van der Waals surface area contributed by atoms with Crippen molar-refractivity contribution in [1.82, 2.24) is 5.32 Å². The summed E-state index contributed by atoms with van der Waals surface area (Å²) in [5.74, 6) is 0.638. The lowest BCUT2D eigenvalue weighted by atomic mass is 10.2. The van der Waals surface area contributed by atoms with Gasteiger partial charge in [0.2, 0.25) is 0 Å². The van der Waals surface area contributed by atoms with Gasteiger partial charge in [0.25, 0.3) is 5.91 Å². The van der Waals surface area contributed by atoms with Crippen molar-refractivity contribution in [3.8, 4) is 11.5 Å². The van der Waals surface area contributed by atoms with Crippen LogP contribution in [0.1, 0.15) is 38.2 Å². The second-order valence-electron chi connectivity index (χ2n) is 4.98. The van der Waals surface area contributed by atoms with E-state index in [-0.39, 0.29) is 19.0 Å². The van der Waals surface area contributed by atoms with E-state index in [1.165, 1.54) is 25.7 Å². The quantitative estimate of drug-likeness (QED) is 0.612. The summed E-state index contributed by atoms with van der Waals surface area (Å²) < 4.78 is 10.6. The average molecular weight is 331 g/mol. The van der Waals surface area contributed by atoms with Crippen LogP contribution in [-0.4, -0.2) is 26.2 Å². The van der Waals surface area contributed by atoms with Gasteiger partial charge < -0.3 is 20.5 Å². The van der Waals surface area contributed by atoms with Crippen LogP contribution in [0.15, 0.2) is 18.2 Å². The summed E-state index contributed by atoms with van der Waals surface area (Å²) in [6, 6.07) is 5.67. The monoisotopic (exact) mass is 330 g/mol. The number of rotatable bonds is 11. The minimum Gasteiger partial charge on any atom is -0.493 e. The molecule has 0 saturated heterocycles. The van der Waals surface area contributed by atoms with Crippen molar-refractivity contribution in [2.45, 2.75) is 39.2 Å². The SMILES string of the molecule is CCCCCCNCc1ccc(OCC(N)=O)c(OC)c1.Cl. The van der Waals surface area contributed by atoms with E-state index < -0.39 is 5.91 Å². The minimum atomic E-state index is -0.505. The zero-order valence-electron chi connectivity index (χ0n) is 13.4. The Morgan fingerprint density at radius 2 is 2.00 bits per heavy atom. The molecule has 1 aromatic rings. The predicted octanol–water partition coefficient (Wildman–Crippen LogP) is 2.65. The molecule has 0 radical (unpaired) electrons. The standard InChI is InChI=1S/C16H26N2O3.ClH/c1-3-4-5-6-9-18-11-13-7-8-14(15(10-13)20-2)21-12-16(17)19;/h7-8,10,18H,3-6,9,11-12H2,1-2H3,(H2,17,19);1H. The van der Waals surface area contributed by atoms with E-state index in [1.807, 2.05) is 12.1 Å².